The van der Waals surface area contributed by atoms with Crippen LogP contribution in [0.2, 0.25) is 0 Å². The monoisotopic (exact) mass is 338 g/mol. The van der Waals surface area contributed by atoms with E-state index in [0.29, 0.717) is 18.0 Å². The van der Waals surface area contributed by atoms with E-state index in [2.05, 4.69) is 10.3 Å². The fraction of sp³-hybridized carbons (Fsp3) is 0.375. The van der Waals surface area contributed by atoms with Crippen LogP contribution >= 0.6 is 0 Å². The molecule has 1 aromatic rings. The molecule has 24 heavy (non-hydrogen) atoms. The van der Waals surface area contributed by atoms with E-state index in [9.17, 15) is 14.4 Å². The largest absolute Gasteiger partial charge is 0.478 e. The summed E-state index contributed by atoms with van der Waals surface area (Å²) in [6.45, 7) is 0. The number of pyridine rings is 1. The minimum absolute atomic E-state index is 0. The molecule has 0 aromatic carbocycles. The van der Waals surface area contributed by atoms with Gasteiger partial charge in [0.05, 0.1) is 0 Å². The van der Waals surface area contributed by atoms with Crippen molar-refractivity contribution in [2.75, 3.05) is 5.32 Å². The van der Waals surface area contributed by atoms with Crippen LogP contribution in [-0.4, -0.2) is 38.5 Å². The molecule has 1 amide bonds. The second-order valence-electron chi connectivity index (χ2n) is 5.05. The van der Waals surface area contributed by atoms with Gasteiger partial charge in [-0.3, -0.25) is 4.79 Å². The molecule has 0 saturated heterocycles. The maximum Gasteiger partial charge on any atom is 0.328 e. The second-order valence-corrected chi connectivity index (χ2v) is 5.05. The van der Waals surface area contributed by atoms with E-state index >= 15 is 0 Å². The average Bonchev–Trinajstić information content (AvgIpc) is 2.55. The van der Waals surface area contributed by atoms with Crippen molar-refractivity contribution in [3.05, 3.63) is 36.5 Å². The number of nitrogens with one attached hydrogen (secondary N) is 1. The molecule has 1 aromatic heterocycles. The van der Waals surface area contributed by atoms with Gasteiger partial charge in [0.1, 0.15) is 5.82 Å². The van der Waals surface area contributed by atoms with Crippen molar-refractivity contribution in [2.45, 2.75) is 32.1 Å². The Morgan fingerprint density at radius 3 is 2.08 bits per heavy atom. The maximum atomic E-state index is 11.8. The lowest BCUT2D eigenvalue weighted by atomic mass is 9.89. The molecule has 5 N–H and O–H groups in total. The minimum Gasteiger partial charge on any atom is -0.478 e. The Balaban J connectivity index is 0.000000510. The first-order valence-corrected chi connectivity index (χ1v) is 7.35. The Labute approximate surface area is 139 Å². The number of anilines is 1. The molecular weight excluding hydrogens is 316 g/mol. The third-order valence-corrected chi connectivity index (χ3v) is 3.26. The molecule has 0 bridgehead atoms. The first kappa shape index (κ1) is 21.3. The average molecular weight is 338 g/mol. The number of carbonyl (C=O) groups is 3. The summed E-state index contributed by atoms with van der Waals surface area (Å²) < 4.78 is 0. The van der Waals surface area contributed by atoms with E-state index in [1.807, 2.05) is 18.2 Å². The molecule has 1 heterocycles. The van der Waals surface area contributed by atoms with Crippen LogP contribution in [0, 0.1) is 5.92 Å². The highest BCUT2D eigenvalue weighted by Gasteiger charge is 2.20. The van der Waals surface area contributed by atoms with Gasteiger partial charge in [0, 0.05) is 24.3 Å². The van der Waals surface area contributed by atoms with Gasteiger partial charge in [0.15, 0.2) is 0 Å². The lowest BCUT2D eigenvalue weighted by Gasteiger charge is -2.20. The van der Waals surface area contributed by atoms with E-state index in [4.69, 9.17) is 10.2 Å². The van der Waals surface area contributed by atoms with Crippen LogP contribution in [0.4, 0.5) is 5.82 Å². The second kappa shape index (κ2) is 11.8. The van der Waals surface area contributed by atoms with E-state index in [1.165, 1.54) is 19.3 Å². The zero-order valence-electron chi connectivity index (χ0n) is 13.1. The minimum atomic E-state index is -1.26. The third kappa shape index (κ3) is 9.31. The Morgan fingerprint density at radius 1 is 1.04 bits per heavy atom. The van der Waals surface area contributed by atoms with Crippen molar-refractivity contribution in [1.29, 1.82) is 0 Å². The summed E-state index contributed by atoms with van der Waals surface area (Å²) in [6, 6.07) is 5.54. The van der Waals surface area contributed by atoms with E-state index in [-0.39, 0.29) is 17.3 Å². The molecular formula is C16H22N2O6. The van der Waals surface area contributed by atoms with Gasteiger partial charge in [-0.1, -0.05) is 25.3 Å². The molecule has 8 nitrogen and oxygen atoms in total. The van der Waals surface area contributed by atoms with Crippen LogP contribution in [-0.2, 0) is 14.4 Å². The standard InChI is InChI=1S/C12H16N2O.C4H4O4.H2O/c15-12(10-6-2-1-3-7-10)14-11-8-4-5-9-13-11;5-3(6)1-2-4(7)8;/h4-5,8-10H,1-3,6-7H2,(H,13,14,15);1-2H,(H,5,6)(H,7,8);1H2/b;2-1-;. The first-order valence-electron chi connectivity index (χ1n) is 7.35. The van der Waals surface area contributed by atoms with Crippen molar-refractivity contribution >= 4 is 23.7 Å². The molecule has 2 rings (SSSR count). The maximum absolute atomic E-state index is 11.8. The Kier molecular flexibility index (Phi) is 10.4. The molecule has 0 radical (unpaired) electrons. The quantitative estimate of drug-likeness (QED) is 0.708. The van der Waals surface area contributed by atoms with Gasteiger partial charge < -0.3 is 21.0 Å². The first-order chi connectivity index (χ1) is 11.0. The van der Waals surface area contributed by atoms with E-state index in [0.717, 1.165) is 12.8 Å². The Bertz CT molecular complexity index is 537. The number of aromatic nitrogens is 1. The summed E-state index contributed by atoms with van der Waals surface area (Å²) in [7, 11) is 0. The van der Waals surface area contributed by atoms with E-state index < -0.39 is 11.9 Å². The van der Waals surface area contributed by atoms with Crippen molar-refractivity contribution in [1.82, 2.24) is 4.98 Å². The van der Waals surface area contributed by atoms with Crippen LogP contribution in [0.25, 0.3) is 0 Å². The molecule has 1 aliphatic rings. The number of carboxylic acids is 2. The van der Waals surface area contributed by atoms with Crippen molar-refractivity contribution in [2.24, 2.45) is 5.92 Å². The molecule has 8 heteroatoms. The topological polar surface area (TPSA) is 148 Å². The predicted octanol–water partition coefficient (Wildman–Crippen LogP) is 1.49. The number of amides is 1. The number of carboxylic acid groups (broad SMARTS) is 2. The summed E-state index contributed by atoms with van der Waals surface area (Å²) in [6.07, 6.45) is 8.49. The molecule has 1 saturated carbocycles. The normalized spacial score (nSPS) is 14.0. The number of carbonyl (C=O) groups excluding carboxylic acids is 1. The van der Waals surface area contributed by atoms with Crippen LogP contribution in [0.1, 0.15) is 32.1 Å². The van der Waals surface area contributed by atoms with Gasteiger partial charge in [-0.15, -0.1) is 0 Å². The van der Waals surface area contributed by atoms with Gasteiger partial charge in [-0.05, 0) is 25.0 Å². The third-order valence-electron chi connectivity index (χ3n) is 3.26. The molecule has 0 unspecified atom stereocenters. The highest BCUT2D eigenvalue weighted by Crippen LogP contribution is 2.24. The zero-order chi connectivity index (χ0) is 17.1. The Hall–Kier alpha value is -2.74. The van der Waals surface area contributed by atoms with E-state index in [1.54, 1.807) is 6.20 Å². The van der Waals surface area contributed by atoms with Gasteiger partial charge in [-0.2, -0.15) is 0 Å². The molecule has 0 atom stereocenters. The van der Waals surface area contributed by atoms with Crippen molar-refractivity contribution < 1.29 is 30.1 Å². The fourth-order valence-corrected chi connectivity index (χ4v) is 2.17. The fourth-order valence-electron chi connectivity index (χ4n) is 2.17. The summed E-state index contributed by atoms with van der Waals surface area (Å²) in [5.74, 6) is -1.53. The molecule has 0 aliphatic heterocycles. The summed E-state index contributed by atoms with van der Waals surface area (Å²) in [5, 5.41) is 18.5. The lowest BCUT2D eigenvalue weighted by Crippen LogP contribution is -2.25. The van der Waals surface area contributed by atoms with Gasteiger partial charge >= 0.3 is 11.9 Å². The molecule has 1 fully saturated rings. The number of rotatable bonds is 4. The Morgan fingerprint density at radius 2 is 1.62 bits per heavy atom. The van der Waals surface area contributed by atoms with Crippen LogP contribution in [0.3, 0.4) is 0 Å². The van der Waals surface area contributed by atoms with Gasteiger partial charge in [0.25, 0.3) is 0 Å². The van der Waals surface area contributed by atoms with Crippen LogP contribution < -0.4 is 5.32 Å². The molecule has 0 spiro atoms. The molecule has 1 aliphatic carbocycles. The number of hydrogen-bond acceptors (Lipinski definition) is 4. The van der Waals surface area contributed by atoms with Crippen LogP contribution in [0.5, 0.6) is 0 Å². The van der Waals surface area contributed by atoms with Crippen molar-refractivity contribution in [3.63, 3.8) is 0 Å². The van der Waals surface area contributed by atoms with Gasteiger partial charge in [0.2, 0.25) is 5.91 Å². The number of nitrogens with zero attached hydrogens (tertiary/aromatic N) is 1. The van der Waals surface area contributed by atoms with Crippen molar-refractivity contribution in [3.8, 4) is 0 Å². The molecule has 132 valence electrons. The highest BCUT2D eigenvalue weighted by atomic mass is 16.4. The summed E-state index contributed by atoms with van der Waals surface area (Å²) in [5.41, 5.74) is 0. The predicted molar refractivity (Wildman–Crippen MR) is 87.5 cm³/mol. The number of aliphatic carboxylic acids is 2. The SMILES string of the molecule is O.O=C(Nc1ccccn1)C1CCCCC1.O=C(O)/C=C\C(=O)O. The lowest BCUT2D eigenvalue weighted by molar-refractivity contribution is -0.134. The summed E-state index contributed by atoms with van der Waals surface area (Å²) >= 11 is 0. The summed E-state index contributed by atoms with van der Waals surface area (Å²) in [4.78, 5) is 35.0. The van der Waals surface area contributed by atoms with Crippen LogP contribution in [0.15, 0.2) is 36.5 Å². The highest BCUT2D eigenvalue weighted by molar-refractivity contribution is 5.91. The smallest absolute Gasteiger partial charge is 0.328 e. The zero-order valence-corrected chi connectivity index (χ0v) is 13.1. The van der Waals surface area contributed by atoms with Gasteiger partial charge in [-0.25, -0.2) is 14.6 Å². The number of hydrogen-bond donors (Lipinski definition) is 3.